The van der Waals surface area contributed by atoms with E-state index < -0.39 is 5.97 Å². The van der Waals surface area contributed by atoms with Gasteiger partial charge in [0, 0.05) is 45.9 Å². The molecular formula is C23H18Cl2N2O2. The van der Waals surface area contributed by atoms with Crippen LogP contribution in [0, 0.1) is 0 Å². The number of fused-ring (bicyclic) bond motifs is 1. The number of carbonyl (C=O) groups is 1. The smallest absolute Gasteiger partial charge is 0.335 e. The number of hydrogen-bond donors (Lipinski definition) is 2. The second-order valence-corrected chi connectivity index (χ2v) is 7.61. The topological polar surface area (TPSA) is 54.3 Å². The highest BCUT2D eigenvalue weighted by Gasteiger charge is 2.10. The van der Waals surface area contributed by atoms with Crippen LogP contribution in [0.1, 0.15) is 21.5 Å². The second-order valence-electron chi connectivity index (χ2n) is 6.77. The van der Waals surface area contributed by atoms with Gasteiger partial charge in [0.05, 0.1) is 5.56 Å². The van der Waals surface area contributed by atoms with Crippen molar-refractivity contribution in [2.45, 2.75) is 13.1 Å². The van der Waals surface area contributed by atoms with Gasteiger partial charge in [-0.25, -0.2) is 4.79 Å². The van der Waals surface area contributed by atoms with Gasteiger partial charge < -0.3 is 15.0 Å². The van der Waals surface area contributed by atoms with E-state index in [-0.39, 0.29) is 5.56 Å². The van der Waals surface area contributed by atoms with Crippen LogP contribution in [0.5, 0.6) is 0 Å². The molecule has 0 saturated heterocycles. The number of carboxylic acid groups (broad SMARTS) is 1. The molecule has 0 aliphatic heterocycles. The lowest BCUT2D eigenvalue weighted by Gasteiger charge is -2.08. The van der Waals surface area contributed by atoms with E-state index in [1.54, 1.807) is 30.3 Å². The van der Waals surface area contributed by atoms with Crippen molar-refractivity contribution < 1.29 is 9.90 Å². The Morgan fingerprint density at radius 2 is 1.72 bits per heavy atom. The van der Waals surface area contributed by atoms with Gasteiger partial charge in [0.2, 0.25) is 0 Å². The van der Waals surface area contributed by atoms with Crippen LogP contribution in [-0.4, -0.2) is 15.6 Å². The lowest BCUT2D eigenvalue weighted by Crippen LogP contribution is -2.01. The molecule has 4 rings (SSSR count). The summed E-state index contributed by atoms with van der Waals surface area (Å²) in [7, 11) is 0. The maximum absolute atomic E-state index is 11.0. The predicted octanol–water partition coefficient (Wildman–Crippen LogP) is 6.31. The van der Waals surface area contributed by atoms with Gasteiger partial charge in [0.1, 0.15) is 0 Å². The molecule has 3 aromatic carbocycles. The second kappa shape index (κ2) is 8.19. The van der Waals surface area contributed by atoms with Crippen LogP contribution in [0.4, 0.5) is 5.69 Å². The van der Waals surface area contributed by atoms with Gasteiger partial charge in [-0.2, -0.15) is 0 Å². The molecular weight excluding hydrogens is 407 g/mol. The van der Waals surface area contributed by atoms with Crippen LogP contribution in [-0.2, 0) is 13.1 Å². The van der Waals surface area contributed by atoms with Crippen molar-refractivity contribution in [1.82, 2.24) is 4.57 Å². The zero-order valence-corrected chi connectivity index (χ0v) is 16.9. The van der Waals surface area contributed by atoms with Crippen molar-refractivity contribution in [1.29, 1.82) is 0 Å². The number of carboxylic acids is 1. The third-order valence-electron chi connectivity index (χ3n) is 4.84. The Morgan fingerprint density at radius 3 is 2.45 bits per heavy atom. The molecule has 0 unspecified atom stereocenters. The fraction of sp³-hybridized carbons (Fsp3) is 0.0870. The monoisotopic (exact) mass is 424 g/mol. The summed E-state index contributed by atoms with van der Waals surface area (Å²) >= 11 is 12.4. The molecule has 0 aliphatic carbocycles. The lowest BCUT2D eigenvalue weighted by molar-refractivity contribution is 0.0697. The molecule has 0 fully saturated rings. The van der Waals surface area contributed by atoms with Crippen LogP contribution >= 0.6 is 23.2 Å². The van der Waals surface area contributed by atoms with Gasteiger partial charge in [-0.05, 0) is 53.6 Å². The van der Waals surface area contributed by atoms with E-state index in [0.29, 0.717) is 23.1 Å². The highest BCUT2D eigenvalue weighted by Crippen LogP contribution is 2.26. The normalized spacial score (nSPS) is 11.0. The fourth-order valence-electron chi connectivity index (χ4n) is 3.36. The molecule has 146 valence electrons. The summed E-state index contributed by atoms with van der Waals surface area (Å²) in [5, 5.41) is 14.8. The van der Waals surface area contributed by atoms with Crippen molar-refractivity contribution in [2.75, 3.05) is 5.32 Å². The average Bonchev–Trinajstić information content (AvgIpc) is 3.06. The molecule has 0 atom stereocenters. The van der Waals surface area contributed by atoms with E-state index in [1.165, 1.54) is 0 Å². The van der Waals surface area contributed by atoms with Crippen molar-refractivity contribution in [3.05, 3.63) is 99.7 Å². The Hall–Kier alpha value is -2.95. The number of nitrogens with zero attached hydrogens (tertiary/aromatic N) is 1. The van der Waals surface area contributed by atoms with Gasteiger partial charge in [0.15, 0.2) is 0 Å². The highest BCUT2D eigenvalue weighted by atomic mass is 35.5. The van der Waals surface area contributed by atoms with Gasteiger partial charge in [0.25, 0.3) is 0 Å². The first-order valence-corrected chi connectivity index (χ1v) is 9.85. The van der Waals surface area contributed by atoms with E-state index in [0.717, 1.165) is 27.7 Å². The molecule has 4 nitrogen and oxygen atoms in total. The Labute approximate surface area is 178 Å². The number of para-hydroxylation sites is 1. The Balaban J connectivity index is 1.59. The molecule has 0 bridgehead atoms. The number of aromatic nitrogens is 1. The van der Waals surface area contributed by atoms with Crippen LogP contribution < -0.4 is 5.32 Å². The largest absolute Gasteiger partial charge is 0.478 e. The third-order valence-corrected chi connectivity index (χ3v) is 5.43. The summed E-state index contributed by atoms with van der Waals surface area (Å²) < 4.78 is 2.18. The Bertz CT molecular complexity index is 1180. The molecule has 2 N–H and O–H groups in total. The summed E-state index contributed by atoms with van der Waals surface area (Å²) in [5.41, 5.74) is 4.41. The first-order valence-electron chi connectivity index (χ1n) is 9.09. The van der Waals surface area contributed by atoms with E-state index >= 15 is 0 Å². The van der Waals surface area contributed by atoms with E-state index in [4.69, 9.17) is 28.3 Å². The average molecular weight is 425 g/mol. The predicted molar refractivity (Wildman–Crippen MR) is 118 cm³/mol. The Kier molecular flexibility index (Phi) is 5.47. The lowest BCUT2D eigenvalue weighted by atomic mass is 10.1. The first-order chi connectivity index (χ1) is 14.0. The molecule has 1 aromatic heterocycles. The first kappa shape index (κ1) is 19.4. The van der Waals surface area contributed by atoms with E-state index in [1.807, 2.05) is 24.3 Å². The zero-order chi connectivity index (χ0) is 20.4. The van der Waals surface area contributed by atoms with Crippen LogP contribution in [0.3, 0.4) is 0 Å². The minimum atomic E-state index is -0.930. The molecule has 0 spiro atoms. The number of aromatic carboxylic acids is 1. The van der Waals surface area contributed by atoms with E-state index in [2.05, 4.69) is 28.2 Å². The van der Waals surface area contributed by atoms with Gasteiger partial charge >= 0.3 is 5.97 Å². The number of benzene rings is 3. The number of anilines is 1. The molecule has 29 heavy (non-hydrogen) atoms. The number of rotatable bonds is 6. The van der Waals surface area contributed by atoms with Crippen molar-refractivity contribution in [3.8, 4) is 0 Å². The maximum atomic E-state index is 11.0. The summed E-state index contributed by atoms with van der Waals surface area (Å²) in [5.74, 6) is -0.930. The fourth-order valence-corrected chi connectivity index (χ4v) is 3.82. The molecule has 0 saturated carbocycles. The van der Waals surface area contributed by atoms with Gasteiger partial charge in [-0.1, -0.05) is 47.5 Å². The SMILES string of the molecule is O=C(O)c1ccc(NCc2cn(Cc3ccc(Cl)cc3Cl)c3ccccc23)cc1. The summed E-state index contributed by atoms with van der Waals surface area (Å²) in [6, 6.07) is 20.5. The number of hydrogen-bond acceptors (Lipinski definition) is 2. The standard InChI is InChI=1S/C23H18Cl2N2O2/c24-18-8-5-16(21(25)11-18)13-27-14-17(20-3-1-2-4-22(20)27)12-26-19-9-6-15(7-10-19)23(28)29/h1-11,14,26H,12-13H2,(H,28,29). The minimum absolute atomic E-state index is 0.270. The summed E-state index contributed by atoms with van der Waals surface area (Å²) in [6.45, 7) is 1.26. The number of halogens is 2. The quantitative estimate of drug-likeness (QED) is 0.381. The van der Waals surface area contributed by atoms with Crippen LogP contribution in [0.2, 0.25) is 10.0 Å². The van der Waals surface area contributed by atoms with E-state index in [9.17, 15) is 4.79 Å². The van der Waals surface area contributed by atoms with Crippen molar-refractivity contribution in [2.24, 2.45) is 0 Å². The zero-order valence-electron chi connectivity index (χ0n) is 15.4. The molecule has 1 heterocycles. The van der Waals surface area contributed by atoms with Gasteiger partial charge in [-0.15, -0.1) is 0 Å². The van der Waals surface area contributed by atoms with Crippen molar-refractivity contribution in [3.63, 3.8) is 0 Å². The molecule has 4 aromatic rings. The molecule has 0 aliphatic rings. The summed E-state index contributed by atoms with van der Waals surface area (Å²) in [4.78, 5) is 11.0. The molecule has 0 radical (unpaired) electrons. The van der Waals surface area contributed by atoms with Crippen LogP contribution in [0.25, 0.3) is 10.9 Å². The third kappa shape index (κ3) is 4.24. The number of nitrogens with one attached hydrogen (secondary N) is 1. The van der Waals surface area contributed by atoms with Gasteiger partial charge in [-0.3, -0.25) is 0 Å². The van der Waals surface area contributed by atoms with Crippen molar-refractivity contribution >= 4 is 45.8 Å². The highest BCUT2D eigenvalue weighted by molar-refractivity contribution is 6.35. The molecule has 0 amide bonds. The maximum Gasteiger partial charge on any atom is 0.335 e. The summed E-state index contributed by atoms with van der Waals surface area (Å²) in [6.07, 6.45) is 2.12. The molecule has 6 heteroatoms. The minimum Gasteiger partial charge on any atom is -0.478 e. The Morgan fingerprint density at radius 1 is 0.966 bits per heavy atom. The van der Waals surface area contributed by atoms with Crippen LogP contribution in [0.15, 0.2) is 72.9 Å².